The number of aryl methyl sites for hydroxylation is 1. The predicted octanol–water partition coefficient (Wildman–Crippen LogP) is 3.03. The van der Waals surface area contributed by atoms with E-state index in [1.165, 1.54) is 29.8 Å². The van der Waals surface area contributed by atoms with E-state index in [9.17, 15) is 0 Å². The van der Waals surface area contributed by atoms with Crippen LogP contribution >= 0.6 is 0 Å². The van der Waals surface area contributed by atoms with Crippen LogP contribution in [0.1, 0.15) is 38.3 Å². The third-order valence-electron chi connectivity index (χ3n) is 4.53. The molecule has 0 amide bonds. The Balaban J connectivity index is 2.00. The second kappa shape index (κ2) is 7.81. The number of piperazine rings is 1. The number of nitrogens with one attached hydrogen (secondary N) is 1. The Hall–Kier alpha value is -1.06. The molecule has 3 nitrogen and oxygen atoms in total. The van der Waals surface area contributed by atoms with E-state index >= 15 is 0 Å². The number of hydrogen-bond acceptors (Lipinski definition) is 3. The van der Waals surface area contributed by atoms with Crippen molar-refractivity contribution < 1.29 is 0 Å². The minimum absolute atomic E-state index is 0.647. The second-order valence-electron chi connectivity index (χ2n) is 6.22. The van der Waals surface area contributed by atoms with Gasteiger partial charge in [0.25, 0.3) is 0 Å². The molecule has 0 radical (unpaired) electrons. The summed E-state index contributed by atoms with van der Waals surface area (Å²) >= 11 is 0. The van der Waals surface area contributed by atoms with E-state index in [0.717, 1.165) is 32.7 Å². The van der Waals surface area contributed by atoms with Gasteiger partial charge in [-0.3, -0.25) is 4.90 Å². The largest absolute Gasteiger partial charge is 0.368 e. The molecule has 0 aromatic heterocycles. The van der Waals surface area contributed by atoms with Crippen LogP contribution in [0.2, 0.25) is 0 Å². The normalized spacial score (nSPS) is 20.0. The van der Waals surface area contributed by atoms with Gasteiger partial charge in [-0.1, -0.05) is 26.0 Å². The Kier molecular flexibility index (Phi) is 6.07. The van der Waals surface area contributed by atoms with Gasteiger partial charge in [-0.25, -0.2) is 0 Å². The van der Waals surface area contributed by atoms with Crippen LogP contribution < -0.4 is 10.2 Å². The van der Waals surface area contributed by atoms with Crippen LogP contribution in [0.5, 0.6) is 0 Å². The van der Waals surface area contributed by atoms with Crippen molar-refractivity contribution >= 4 is 5.69 Å². The molecule has 1 heterocycles. The molecule has 3 heteroatoms. The molecule has 1 atom stereocenters. The number of rotatable bonds is 6. The molecule has 1 aromatic rings. The van der Waals surface area contributed by atoms with Gasteiger partial charge >= 0.3 is 0 Å². The van der Waals surface area contributed by atoms with E-state index in [1.807, 2.05) is 0 Å². The first-order valence-electron chi connectivity index (χ1n) is 8.45. The molecule has 1 aliphatic rings. The maximum Gasteiger partial charge on any atom is 0.0397 e. The quantitative estimate of drug-likeness (QED) is 0.812. The van der Waals surface area contributed by atoms with E-state index in [0.29, 0.717) is 6.04 Å². The summed E-state index contributed by atoms with van der Waals surface area (Å²) < 4.78 is 0. The first kappa shape index (κ1) is 16.3. The summed E-state index contributed by atoms with van der Waals surface area (Å²) in [5.41, 5.74) is 4.21. The van der Waals surface area contributed by atoms with Crippen LogP contribution in [-0.2, 0) is 6.54 Å². The van der Waals surface area contributed by atoms with Gasteiger partial charge in [-0.15, -0.1) is 0 Å². The minimum Gasteiger partial charge on any atom is -0.368 e. The average Bonchev–Trinajstić information content (AvgIpc) is 2.47. The van der Waals surface area contributed by atoms with Gasteiger partial charge in [0.2, 0.25) is 0 Å². The highest BCUT2D eigenvalue weighted by molar-refractivity contribution is 5.55. The van der Waals surface area contributed by atoms with E-state index in [1.54, 1.807) is 0 Å². The lowest BCUT2D eigenvalue weighted by atomic mass is 10.1. The smallest absolute Gasteiger partial charge is 0.0397 e. The summed E-state index contributed by atoms with van der Waals surface area (Å²) in [5, 5.41) is 3.48. The predicted molar refractivity (Wildman–Crippen MR) is 92.1 cm³/mol. The first-order chi connectivity index (χ1) is 10.2. The van der Waals surface area contributed by atoms with Crippen molar-refractivity contribution in [2.45, 2.75) is 46.7 Å². The zero-order valence-electron chi connectivity index (χ0n) is 14.2. The molecular formula is C18H31N3. The van der Waals surface area contributed by atoms with Gasteiger partial charge in [0, 0.05) is 37.9 Å². The van der Waals surface area contributed by atoms with E-state index < -0.39 is 0 Å². The minimum atomic E-state index is 0.647. The number of benzene rings is 1. The summed E-state index contributed by atoms with van der Waals surface area (Å²) in [4.78, 5) is 5.12. The van der Waals surface area contributed by atoms with E-state index in [4.69, 9.17) is 0 Å². The fourth-order valence-electron chi connectivity index (χ4n) is 3.28. The second-order valence-corrected chi connectivity index (χ2v) is 6.22. The highest BCUT2D eigenvalue weighted by Crippen LogP contribution is 2.24. The van der Waals surface area contributed by atoms with Crippen LogP contribution in [0, 0.1) is 6.92 Å². The molecule has 1 fully saturated rings. The standard InChI is InChI=1S/C18H31N3/c1-5-9-19-13-17-7-8-18(15(3)12-17)21-11-10-20(6-2)16(4)14-21/h7-8,12,16,19H,5-6,9-11,13-14H2,1-4H3. The monoisotopic (exact) mass is 289 g/mol. The summed E-state index contributed by atoms with van der Waals surface area (Å²) in [5.74, 6) is 0. The molecule has 21 heavy (non-hydrogen) atoms. The molecule has 0 aliphatic carbocycles. The molecule has 2 rings (SSSR count). The van der Waals surface area contributed by atoms with Gasteiger partial charge in [0.15, 0.2) is 0 Å². The lowest BCUT2D eigenvalue weighted by Gasteiger charge is -2.41. The maximum absolute atomic E-state index is 3.48. The third kappa shape index (κ3) is 4.21. The summed E-state index contributed by atoms with van der Waals surface area (Å²) in [7, 11) is 0. The Bertz CT molecular complexity index is 444. The first-order valence-corrected chi connectivity index (χ1v) is 8.45. The number of hydrogen-bond donors (Lipinski definition) is 1. The Morgan fingerprint density at radius 1 is 1.24 bits per heavy atom. The SMILES string of the molecule is CCCNCc1ccc(N2CCN(CC)C(C)C2)c(C)c1. The lowest BCUT2D eigenvalue weighted by Crippen LogP contribution is -2.51. The molecule has 1 saturated heterocycles. The summed E-state index contributed by atoms with van der Waals surface area (Å²) in [6.45, 7) is 15.8. The van der Waals surface area contributed by atoms with Crippen molar-refractivity contribution in [1.29, 1.82) is 0 Å². The zero-order valence-corrected chi connectivity index (χ0v) is 14.2. The Morgan fingerprint density at radius 2 is 2.05 bits per heavy atom. The van der Waals surface area contributed by atoms with Crippen LogP contribution in [-0.4, -0.2) is 43.7 Å². The van der Waals surface area contributed by atoms with Crippen molar-refractivity contribution in [3.8, 4) is 0 Å². The molecule has 0 bridgehead atoms. The molecule has 0 saturated carbocycles. The van der Waals surface area contributed by atoms with Crippen molar-refractivity contribution in [1.82, 2.24) is 10.2 Å². The van der Waals surface area contributed by atoms with Gasteiger partial charge in [0.05, 0.1) is 0 Å². The average molecular weight is 289 g/mol. The van der Waals surface area contributed by atoms with Crippen molar-refractivity contribution in [3.05, 3.63) is 29.3 Å². The molecular weight excluding hydrogens is 258 g/mol. The van der Waals surface area contributed by atoms with Gasteiger partial charge in [-0.05, 0) is 50.6 Å². The van der Waals surface area contributed by atoms with Crippen LogP contribution in [0.4, 0.5) is 5.69 Å². The van der Waals surface area contributed by atoms with Gasteiger partial charge in [-0.2, -0.15) is 0 Å². The molecule has 0 spiro atoms. The van der Waals surface area contributed by atoms with Gasteiger partial charge < -0.3 is 10.2 Å². The lowest BCUT2D eigenvalue weighted by molar-refractivity contribution is 0.199. The Labute approximate surface area is 130 Å². The summed E-state index contributed by atoms with van der Waals surface area (Å²) in [6.07, 6.45) is 1.19. The zero-order chi connectivity index (χ0) is 15.2. The fourth-order valence-corrected chi connectivity index (χ4v) is 3.28. The number of nitrogens with zero attached hydrogens (tertiary/aromatic N) is 2. The van der Waals surface area contributed by atoms with E-state index in [-0.39, 0.29) is 0 Å². The number of anilines is 1. The molecule has 1 N–H and O–H groups in total. The fraction of sp³-hybridized carbons (Fsp3) is 0.667. The highest BCUT2D eigenvalue weighted by atomic mass is 15.3. The molecule has 1 aliphatic heterocycles. The summed E-state index contributed by atoms with van der Waals surface area (Å²) in [6, 6.07) is 7.58. The van der Waals surface area contributed by atoms with Crippen LogP contribution in [0.25, 0.3) is 0 Å². The van der Waals surface area contributed by atoms with E-state index in [2.05, 4.69) is 61.0 Å². The van der Waals surface area contributed by atoms with Gasteiger partial charge in [0.1, 0.15) is 0 Å². The van der Waals surface area contributed by atoms with Crippen LogP contribution in [0.3, 0.4) is 0 Å². The van der Waals surface area contributed by atoms with Crippen molar-refractivity contribution in [3.63, 3.8) is 0 Å². The van der Waals surface area contributed by atoms with Crippen molar-refractivity contribution in [2.75, 3.05) is 37.6 Å². The number of likely N-dealkylation sites (N-methyl/N-ethyl adjacent to an activating group) is 1. The molecule has 1 aromatic carbocycles. The maximum atomic E-state index is 3.48. The highest BCUT2D eigenvalue weighted by Gasteiger charge is 2.23. The third-order valence-corrected chi connectivity index (χ3v) is 4.53. The molecule has 118 valence electrons. The Morgan fingerprint density at radius 3 is 2.67 bits per heavy atom. The topological polar surface area (TPSA) is 18.5 Å². The van der Waals surface area contributed by atoms with Crippen LogP contribution in [0.15, 0.2) is 18.2 Å². The molecule has 1 unspecified atom stereocenters. The van der Waals surface area contributed by atoms with Crippen molar-refractivity contribution in [2.24, 2.45) is 0 Å².